The van der Waals surface area contributed by atoms with Crippen molar-refractivity contribution in [3.8, 4) is 5.88 Å². The van der Waals surface area contributed by atoms with Crippen LogP contribution in [0.5, 0.6) is 5.88 Å². The van der Waals surface area contributed by atoms with Gasteiger partial charge in [-0.1, -0.05) is 18.2 Å². The predicted molar refractivity (Wildman–Crippen MR) is 119 cm³/mol. The zero-order valence-electron chi connectivity index (χ0n) is 17.9. The summed E-state index contributed by atoms with van der Waals surface area (Å²) in [7, 11) is 3.42. The van der Waals surface area contributed by atoms with Crippen molar-refractivity contribution in [2.45, 2.75) is 26.4 Å². The number of rotatable bonds is 10. The first-order valence-electron chi connectivity index (χ1n) is 10.1. The van der Waals surface area contributed by atoms with E-state index in [0.717, 1.165) is 42.4 Å². The molecule has 2 heterocycles. The summed E-state index contributed by atoms with van der Waals surface area (Å²) in [6, 6.07) is 12.1. The Hall–Kier alpha value is -3.13. The number of hydrogen-bond donors (Lipinski definition) is 2. The number of nitrogens with one attached hydrogen (secondary N) is 2. The van der Waals surface area contributed by atoms with E-state index in [2.05, 4.69) is 48.4 Å². The van der Waals surface area contributed by atoms with Gasteiger partial charge in [0.15, 0.2) is 5.96 Å². The smallest absolute Gasteiger partial charge is 0.218 e. The van der Waals surface area contributed by atoms with E-state index in [1.165, 1.54) is 5.52 Å². The molecule has 0 aliphatic heterocycles. The van der Waals surface area contributed by atoms with Crippen molar-refractivity contribution in [2.75, 3.05) is 33.9 Å². The molecular formula is C22H30N6O2. The van der Waals surface area contributed by atoms with Gasteiger partial charge in [-0.25, -0.2) is 9.97 Å². The molecular weight excluding hydrogens is 380 g/mol. The van der Waals surface area contributed by atoms with Crippen molar-refractivity contribution in [3.63, 3.8) is 0 Å². The Morgan fingerprint density at radius 1 is 1.13 bits per heavy atom. The Labute approximate surface area is 177 Å². The fourth-order valence-corrected chi connectivity index (χ4v) is 3.23. The van der Waals surface area contributed by atoms with Crippen LogP contribution in [0.4, 0.5) is 0 Å². The van der Waals surface area contributed by atoms with Crippen molar-refractivity contribution in [3.05, 3.63) is 54.0 Å². The van der Waals surface area contributed by atoms with Crippen LogP contribution in [0.15, 0.2) is 47.6 Å². The van der Waals surface area contributed by atoms with Gasteiger partial charge in [-0.15, -0.1) is 0 Å². The molecule has 0 amide bonds. The maximum Gasteiger partial charge on any atom is 0.218 e. The molecule has 0 radical (unpaired) electrons. The van der Waals surface area contributed by atoms with Crippen LogP contribution in [0.2, 0.25) is 0 Å². The lowest BCUT2D eigenvalue weighted by molar-refractivity contribution is 0.143. The van der Waals surface area contributed by atoms with Gasteiger partial charge >= 0.3 is 0 Å². The lowest BCUT2D eigenvalue weighted by Gasteiger charge is -2.14. The topological polar surface area (TPSA) is 85.6 Å². The van der Waals surface area contributed by atoms with Gasteiger partial charge in [-0.2, -0.15) is 0 Å². The first-order valence-corrected chi connectivity index (χ1v) is 10.1. The summed E-state index contributed by atoms with van der Waals surface area (Å²) in [6.07, 6.45) is 2.68. The number of hydrogen-bond acceptors (Lipinski definition) is 5. The third-order valence-electron chi connectivity index (χ3n) is 4.74. The molecule has 0 aliphatic rings. The molecule has 0 aliphatic carbocycles. The fraction of sp³-hybridized carbons (Fsp3) is 0.409. The molecule has 2 aromatic heterocycles. The third-order valence-corrected chi connectivity index (χ3v) is 4.74. The number of fused-ring (bicyclic) bond motifs is 1. The summed E-state index contributed by atoms with van der Waals surface area (Å²) in [5.74, 6) is 2.39. The summed E-state index contributed by atoms with van der Waals surface area (Å²) in [5, 5.41) is 6.69. The number of aliphatic imine (C=N–C) groups is 1. The highest BCUT2D eigenvalue weighted by molar-refractivity contribution is 5.79. The number of aromatic nitrogens is 3. The lowest BCUT2D eigenvalue weighted by atomic mass is 10.2. The van der Waals surface area contributed by atoms with E-state index in [4.69, 9.17) is 9.47 Å². The lowest BCUT2D eigenvalue weighted by Crippen LogP contribution is -2.37. The van der Waals surface area contributed by atoms with Gasteiger partial charge in [-0.3, -0.25) is 4.99 Å². The van der Waals surface area contributed by atoms with E-state index in [1.54, 1.807) is 20.4 Å². The van der Waals surface area contributed by atoms with Gasteiger partial charge in [0.05, 0.1) is 17.6 Å². The SMILES string of the molecule is CN=C(NCCCn1c(C)nc2ccccc21)NCc1cccnc1OCCOC. The Morgan fingerprint density at radius 3 is 2.83 bits per heavy atom. The summed E-state index contributed by atoms with van der Waals surface area (Å²) < 4.78 is 13.0. The highest BCUT2D eigenvalue weighted by atomic mass is 16.5. The maximum absolute atomic E-state index is 5.68. The first kappa shape index (κ1) is 21.6. The largest absolute Gasteiger partial charge is 0.475 e. The Kier molecular flexibility index (Phi) is 8.02. The minimum atomic E-state index is 0.468. The molecule has 0 bridgehead atoms. The van der Waals surface area contributed by atoms with E-state index >= 15 is 0 Å². The highest BCUT2D eigenvalue weighted by Crippen LogP contribution is 2.16. The Bertz CT molecular complexity index is 969. The number of nitrogens with zero attached hydrogens (tertiary/aromatic N) is 4. The summed E-state index contributed by atoms with van der Waals surface area (Å²) in [5.41, 5.74) is 3.19. The van der Waals surface area contributed by atoms with Gasteiger partial charge in [0.1, 0.15) is 12.4 Å². The molecule has 30 heavy (non-hydrogen) atoms. The van der Waals surface area contributed by atoms with Crippen LogP contribution in [-0.2, 0) is 17.8 Å². The van der Waals surface area contributed by atoms with E-state index in [9.17, 15) is 0 Å². The van der Waals surface area contributed by atoms with Gasteiger partial charge in [0, 0.05) is 45.6 Å². The van der Waals surface area contributed by atoms with Crippen molar-refractivity contribution in [1.82, 2.24) is 25.2 Å². The predicted octanol–water partition coefficient (Wildman–Crippen LogP) is 2.52. The monoisotopic (exact) mass is 410 g/mol. The number of benzene rings is 1. The first-order chi connectivity index (χ1) is 14.7. The van der Waals surface area contributed by atoms with Gasteiger partial charge in [0.2, 0.25) is 5.88 Å². The molecule has 8 nitrogen and oxygen atoms in total. The van der Waals surface area contributed by atoms with Crippen LogP contribution in [0.1, 0.15) is 17.8 Å². The molecule has 3 rings (SSSR count). The molecule has 3 aromatic rings. The average Bonchev–Trinajstić information content (AvgIpc) is 3.09. The quantitative estimate of drug-likeness (QED) is 0.303. The summed E-state index contributed by atoms with van der Waals surface area (Å²) in [4.78, 5) is 13.2. The number of pyridine rings is 1. The molecule has 0 unspecified atom stereocenters. The number of methoxy groups -OCH3 is 1. The van der Waals surface area contributed by atoms with Crippen molar-refractivity contribution >= 4 is 17.0 Å². The zero-order valence-corrected chi connectivity index (χ0v) is 17.9. The molecule has 0 saturated carbocycles. The molecule has 0 atom stereocenters. The van der Waals surface area contributed by atoms with Crippen LogP contribution in [0.25, 0.3) is 11.0 Å². The minimum Gasteiger partial charge on any atom is -0.475 e. The van der Waals surface area contributed by atoms with Gasteiger partial charge < -0.3 is 24.7 Å². The third kappa shape index (κ3) is 5.70. The molecule has 8 heteroatoms. The second-order valence-corrected chi connectivity index (χ2v) is 6.81. The van der Waals surface area contributed by atoms with Crippen LogP contribution < -0.4 is 15.4 Å². The van der Waals surface area contributed by atoms with Crippen molar-refractivity contribution < 1.29 is 9.47 Å². The van der Waals surface area contributed by atoms with Crippen LogP contribution in [-0.4, -0.2) is 54.4 Å². The molecule has 0 fully saturated rings. The Balaban J connectivity index is 1.47. The molecule has 1 aromatic carbocycles. The van der Waals surface area contributed by atoms with Gasteiger partial charge in [0.25, 0.3) is 0 Å². The zero-order chi connectivity index (χ0) is 21.2. The molecule has 160 valence electrons. The summed E-state index contributed by atoms with van der Waals surface area (Å²) in [6.45, 7) is 5.32. The van der Waals surface area contributed by atoms with E-state index in [0.29, 0.717) is 25.6 Å². The normalized spacial score (nSPS) is 11.6. The number of guanidine groups is 1. The second kappa shape index (κ2) is 11.2. The highest BCUT2D eigenvalue weighted by Gasteiger charge is 2.08. The standard InChI is InChI=1S/C22H30N6O2/c1-17-27-19-9-4-5-10-20(19)28(17)13-7-12-25-22(23-2)26-16-18-8-6-11-24-21(18)30-15-14-29-3/h4-6,8-11H,7,12-16H2,1-3H3,(H2,23,25,26). The fourth-order valence-electron chi connectivity index (χ4n) is 3.23. The van der Waals surface area contributed by atoms with Crippen LogP contribution in [0, 0.1) is 6.92 Å². The Morgan fingerprint density at radius 2 is 2.00 bits per heavy atom. The van der Waals surface area contributed by atoms with Crippen molar-refractivity contribution in [1.29, 1.82) is 0 Å². The molecule has 0 spiro atoms. The van der Waals surface area contributed by atoms with Crippen LogP contribution >= 0.6 is 0 Å². The van der Waals surface area contributed by atoms with E-state index in [-0.39, 0.29) is 0 Å². The second-order valence-electron chi connectivity index (χ2n) is 6.81. The van der Waals surface area contributed by atoms with Crippen LogP contribution in [0.3, 0.4) is 0 Å². The molecule has 0 saturated heterocycles. The minimum absolute atomic E-state index is 0.468. The van der Waals surface area contributed by atoms with E-state index < -0.39 is 0 Å². The number of imidazole rings is 1. The maximum atomic E-state index is 5.68. The number of ether oxygens (including phenoxy) is 2. The number of aryl methyl sites for hydroxylation is 2. The molecule has 2 N–H and O–H groups in total. The number of para-hydroxylation sites is 2. The summed E-state index contributed by atoms with van der Waals surface area (Å²) >= 11 is 0. The van der Waals surface area contributed by atoms with Gasteiger partial charge in [-0.05, 0) is 31.5 Å². The van der Waals surface area contributed by atoms with Crippen molar-refractivity contribution in [2.24, 2.45) is 4.99 Å². The average molecular weight is 411 g/mol. The van der Waals surface area contributed by atoms with E-state index in [1.807, 2.05) is 25.1 Å².